The van der Waals surface area contributed by atoms with Crippen LogP contribution in [0.2, 0.25) is 0 Å². The Morgan fingerprint density at radius 3 is 2.20 bits per heavy atom. The maximum atomic E-state index is 11.9. The molecule has 0 radical (unpaired) electrons. The van der Waals surface area contributed by atoms with Gasteiger partial charge in [0.1, 0.15) is 6.54 Å². The maximum absolute atomic E-state index is 11.9. The minimum absolute atomic E-state index is 0.183. The average Bonchev–Trinajstić information content (AvgIpc) is 2.70. The fourth-order valence-electron chi connectivity index (χ4n) is 1.68. The molecule has 1 aromatic rings. The molecule has 2 rings (SSSR count). The zero-order chi connectivity index (χ0) is 14.7. The zero-order valence-electron chi connectivity index (χ0n) is 10.7. The van der Waals surface area contributed by atoms with Gasteiger partial charge in [0.25, 0.3) is 11.8 Å². The van der Waals surface area contributed by atoms with Gasteiger partial charge < -0.3 is 10.2 Å². The van der Waals surface area contributed by atoms with Crippen molar-refractivity contribution in [2.75, 3.05) is 6.54 Å². The van der Waals surface area contributed by atoms with Crippen molar-refractivity contribution in [1.82, 2.24) is 10.4 Å². The van der Waals surface area contributed by atoms with Crippen LogP contribution in [0.15, 0.2) is 24.3 Å². The van der Waals surface area contributed by atoms with E-state index < -0.39 is 24.3 Å². The molecule has 0 saturated heterocycles. The average molecular weight is 276 g/mol. The summed E-state index contributed by atoms with van der Waals surface area (Å²) >= 11 is 0. The Labute approximate surface area is 114 Å². The van der Waals surface area contributed by atoms with Gasteiger partial charge in [-0.15, -0.1) is 0 Å². The predicted molar refractivity (Wildman–Crippen MR) is 66.3 cm³/mol. The van der Waals surface area contributed by atoms with Crippen molar-refractivity contribution >= 4 is 23.7 Å². The van der Waals surface area contributed by atoms with E-state index in [0.29, 0.717) is 5.06 Å². The fourth-order valence-corrected chi connectivity index (χ4v) is 1.68. The lowest BCUT2D eigenvalue weighted by Gasteiger charge is -2.12. The van der Waals surface area contributed by atoms with E-state index in [9.17, 15) is 19.2 Å². The molecular weight excluding hydrogens is 264 g/mol. The molecule has 0 unspecified atom stereocenters. The van der Waals surface area contributed by atoms with Gasteiger partial charge >= 0.3 is 5.97 Å². The van der Waals surface area contributed by atoms with Gasteiger partial charge in [-0.25, -0.2) is 4.79 Å². The Kier molecular flexibility index (Phi) is 3.79. The quantitative estimate of drug-likeness (QED) is 0.797. The normalized spacial score (nSPS) is 13.2. The number of carbonyl (C=O) groups is 4. The van der Waals surface area contributed by atoms with Gasteiger partial charge in [-0.2, -0.15) is 0 Å². The number of carbonyl (C=O) groups excluding carboxylic acids is 4. The summed E-state index contributed by atoms with van der Waals surface area (Å²) in [6.45, 7) is 1.23. The summed E-state index contributed by atoms with van der Waals surface area (Å²) in [5.74, 6) is -2.60. The van der Waals surface area contributed by atoms with E-state index in [-0.39, 0.29) is 23.5 Å². The Morgan fingerprint density at radius 2 is 1.70 bits per heavy atom. The first-order valence-electron chi connectivity index (χ1n) is 6.00. The summed E-state index contributed by atoms with van der Waals surface area (Å²) in [4.78, 5) is 50.9. The van der Waals surface area contributed by atoms with Crippen molar-refractivity contribution in [3.05, 3.63) is 35.4 Å². The first-order chi connectivity index (χ1) is 9.54. The van der Waals surface area contributed by atoms with E-state index in [1.165, 1.54) is 12.1 Å². The molecular formula is C13H12N2O5. The van der Waals surface area contributed by atoms with E-state index in [1.807, 2.05) is 0 Å². The molecule has 0 bridgehead atoms. The SMILES string of the molecule is CCC(=O)NCC(=O)ON1C(=O)c2ccccc2C1=O. The number of imide groups is 1. The fraction of sp³-hybridized carbons (Fsp3) is 0.231. The molecule has 1 aromatic carbocycles. The zero-order valence-corrected chi connectivity index (χ0v) is 10.7. The molecule has 7 nitrogen and oxygen atoms in total. The number of hydrogen-bond donors (Lipinski definition) is 1. The lowest BCUT2D eigenvalue weighted by molar-refractivity contribution is -0.167. The molecule has 0 fully saturated rings. The highest BCUT2D eigenvalue weighted by Gasteiger charge is 2.38. The van der Waals surface area contributed by atoms with Crippen LogP contribution in [0.5, 0.6) is 0 Å². The summed E-state index contributed by atoms with van der Waals surface area (Å²) in [5, 5.41) is 2.70. The van der Waals surface area contributed by atoms with Gasteiger partial charge in [0, 0.05) is 6.42 Å². The van der Waals surface area contributed by atoms with Crippen molar-refractivity contribution in [2.45, 2.75) is 13.3 Å². The second-order valence-corrected chi connectivity index (χ2v) is 4.04. The smallest absolute Gasteiger partial charge is 0.345 e. The van der Waals surface area contributed by atoms with Gasteiger partial charge in [-0.3, -0.25) is 14.4 Å². The number of rotatable bonds is 4. The summed E-state index contributed by atoms with van der Waals surface area (Å²) in [6.07, 6.45) is 0.223. The minimum atomic E-state index is -0.888. The number of benzene rings is 1. The van der Waals surface area contributed by atoms with Crippen LogP contribution in [-0.2, 0) is 14.4 Å². The largest absolute Gasteiger partial charge is 0.352 e. The second kappa shape index (κ2) is 5.52. The molecule has 0 spiro atoms. The monoisotopic (exact) mass is 276 g/mol. The van der Waals surface area contributed by atoms with Crippen LogP contribution in [0.25, 0.3) is 0 Å². The van der Waals surface area contributed by atoms with Gasteiger partial charge in [0.05, 0.1) is 11.1 Å². The third-order valence-corrected chi connectivity index (χ3v) is 2.70. The molecule has 0 aromatic heterocycles. The first-order valence-corrected chi connectivity index (χ1v) is 6.00. The lowest BCUT2D eigenvalue weighted by atomic mass is 10.1. The molecule has 7 heteroatoms. The standard InChI is InChI=1S/C13H12N2O5/c1-2-10(16)14-7-11(17)20-15-12(18)8-5-3-4-6-9(8)13(15)19/h3-6H,2,7H2,1H3,(H,14,16). The molecule has 1 aliphatic heterocycles. The van der Waals surface area contributed by atoms with Crippen molar-refractivity contribution in [3.8, 4) is 0 Å². The van der Waals surface area contributed by atoms with Crippen LogP contribution in [0.1, 0.15) is 34.1 Å². The molecule has 3 amide bonds. The summed E-state index contributed by atoms with van der Waals surface area (Å²) in [5.41, 5.74) is 0.366. The molecule has 1 heterocycles. The molecule has 0 aliphatic carbocycles. The molecule has 0 saturated carbocycles. The first kappa shape index (κ1) is 13.7. The Balaban J connectivity index is 2.02. The van der Waals surface area contributed by atoms with E-state index in [2.05, 4.69) is 5.32 Å². The third-order valence-electron chi connectivity index (χ3n) is 2.70. The molecule has 1 N–H and O–H groups in total. The summed E-state index contributed by atoms with van der Waals surface area (Å²) in [7, 11) is 0. The highest BCUT2D eigenvalue weighted by molar-refractivity contribution is 6.20. The molecule has 0 atom stereocenters. The molecule has 20 heavy (non-hydrogen) atoms. The van der Waals surface area contributed by atoms with E-state index in [1.54, 1.807) is 19.1 Å². The highest BCUT2D eigenvalue weighted by Crippen LogP contribution is 2.22. The number of amides is 3. The topological polar surface area (TPSA) is 92.8 Å². The van der Waals surface area contributed by atoms with Crippen molar-refractivity contribution in [3.63, 3.8) is 0 Å². The van der Waals surface area contributed by atoms with Crippen LogP contribution in [-0.4, -0.2) is 35.3 Å². The van der Waals surface area contributed by atoms with E-state index in [0.717, 1.165) is 0 Å². The Morgan fingerprint density at radius 1 is 1.15 bits per heavy atom. The van der Waals surface area contributed by atoms with Crippen LogP contribution < -0.4 is 5.32 Å². The number of hydroxylamine groups is 2. The van der Waals surface area contributed by atoms with Gasteiger partial charge in [-0.05, 0) is 12.1 Å². The van der Waals surface area contributed by atoms with E-state index >= 15 is 0 Å². The van der Waals surface area contributed by atoms with Crippen LogP contribution in [0.4, 0.5) is 0 Å². The summed E-state index contributed by atoms with van der Waals surface area (Å²) < 4.78 is 0. The lowest BCUT2D eigenvalue weighted by Crippen LogP contribution is -2.37. The van der Waals surface area contributed by atoms with Gasteiger partial charge in [0.2, 0.25) is 5.91 Å². The van der Waals surface area contributed by atoms with Gasteiger partial charge in [-0.1, -0.05) is 24.1 Å². The van der Waals surface area contributed by atoms with Crippen LogP contribution in [0, 0.1) is 0 Å². The van der Waals surface area contributed by atoms with Crippen molar-refractivity contribution < 1.29 is 24.0 Å². The number of nitrogens with one attached hydrogen (secondary N) is 1. The third kappa shape index (κ3) is 2.51. The Hall–Kier alpha value is -2.70. The van der Waals surface area contributed by atoms with Crippen LogP contribution in [0.3, 0.4) is 0 Å². The molecule has 1 aliphatic rings. The number of hydrogen-bond acceptors (Lipinski definition) is 5. The minimum Gasteiger partial charge on any atom is -0.345 e. The van der Waals surface area contributed by atoms with Crippen LogP contribution >= 0.6 is 0 Å². The predicted octanol–water partition coefficient (Wildman–Crippen LogP) is 0.267. The van der Waals surface area contributed by atoms with Crippen molar-refractivity contribution in [2.24, 2.45) is 0 Å². The van der Waals surface area contributed by atoms with Crippen molar-refractivity contribution in [1.29, 1.82) is 0 Å². The van der Waals surface area contributed by atoms with Gasteiger partial charge in [0.15, 0.2) is 0 Å². The summed E-state index contributed by atoms with van der Waals surface area (Å²) in [6, 6.07) is 6.16. The number of fused-ring (bicyclic) bond motifs is 1. The molecule has 104 valence electrons. The Bertz CT molecular complexity index is 561. The maximum Gasteiger partial charge on any atom is 0.352 e. The second-order valence-electron chi connectivity index (χ2n) is 4.04. The van der Waals surface area contributed by atoms with E-state index in [4.69, 9.17) is 4.84 Å². The highest BCUT2D eigenvalue weighted by atomic mass is 16.7. The number of nitrogens with zero attached hydrogens (tertiary/aromatic N) is 1.